The molecule has 0 radical (unpaired) electrons. The molecule has 0 aliphatic carbocycles. The van der Waals surface area contributed by atoms with Gasteiger partial charge in [0.25, 0.3) is 6.43 Å². The summed E-state index contributed by atoms with van der Waals surface area (Å²) in [4.78, 5) is 10.4. The second-order valence-corrected chi connectivity index (χ2v) is 6.73. The zero-order valence-electron chi connectivity index (χ0n) is 15.3. The molecule has 0 saturated heterocycles. The number of rotatable bonds is 7. The molecule has 2 aromatic heterocycles. The van der Waals surface area contributed by atoms with Gasteiger partial charge < -0.3 is 10.1 Å². The summed E-state index contributed by atoms with van der Waals surface area (Å²) in [6, 6.07) is 7.46. The fraction of sp³-hybridized carbons (Fsp3) is 0.368. The predicted molar refractivity (Wildman–Crippen MR) is 102 cm³/mol. The maximum absolute atomic E-state index is 12.2. The number of halogens is 3. The van der Waals surface area contributed by atoms with Crippen LogP contribution in [-0.2, 0) is 19.5 Å². The lowest BCUT2D eigenvalue weighted by molar-refractivity contribution is 0.0795. The monoisotopic (exact) mass is 418 g/mol. The van der Waals surface area contributed by atoms with E-state index in [4.69, 9.17) is 21.6 Å². The number of hydrogen-bond donors (Lipinski definition) is 1. The Morgan fingerprint density at radius 3 is 2.79 bits per heavy atom. The topological polar surface area (TPSA) is 97.9 Å². The highest BCUT2D eigenvalue weighted by atomic mass is 35.5. The van der Waals surface area contributed by atoms with Crippen LogP contribution in [0.25, 0.3) is 0 Å². The molecular weight excluding hydrogens is 402 g/mol. The van der Waals surface area contributed by atoms with E-state index in [1.54, 1.807) is 18.3 Å². The summed E-state index contributed by atoms with van der Waals surface area (Å²) in [5.41, 5.74) is 2.95. The Labute approximate surface area is 171 Å². The highest BCUT2D eigenvalue weighted by Crippen LogP contribution is 2.32. The van der Waals surface area contributed by atoms with Crippen molar-refractivity contribution in [2.75, 3.05) is 25.0 Å². The fourth-order valence-electron chi connectivity index (χ4n) is 3.17. The molecule has 7 nitrogen and oxygen atoms in total. The number of anilines is 1. The number of fused-ring (bicyclic) bond motifs is 1. The van der Waals surface area contributed by atoms with Crippen molar-refractivity contribution in [3.05, 3.63) is 45.7 Å². The van der Waals surface area contributed by atoms with Gasteiger partial charge in [-0.1, -0.05) is 17.7 Å². The fourth-order valence-corrected chi connectivity index (χ4v) is 3.41. The Kier molecular flexibility index (Phi) is 6.76. The third-order valence-corrected chi connectivity index (χ3v) is 4.71. The lowest BCUT2D eigenvalue weighted by Gasteiger charge is -2.30. The normalized spacial score (nSPS) is 13.4. The Balaban J connectivity index is 1.75. The summed E-state index contributed by atoms with van der Waals surface area (Å²) >= 11 is 6.13. The highest BCUT2D eigenvalue weighted by Gasteiger charge is 2.25. The predicted octanol–water partition coefficient (Wildman–Crippen LogP) is 3.14. The molecule has 1 N–H and O–H groups in total. The largest absolute Gasteiger partial charge is 0.472 e. The molecule has 0 bridgehead atoms. The number of nitriles is 2. The maximum atomic E-state index is 12.2. The zero-order chi connectivity index (χ0) is 20.8. The third kappa shape index (κ3) is 5.08. The highest BCUT2D eigenvalue weighted by molar-refractivity contribution is 6.30. The summed E-state index contributed by atoms with van der Waals surface area (Å²) in [5.74, 6) is 0.655. The standard InChI is InChI=1S/C19H17ClF2N6O/c20-18-14(7-24)13-3-6-28(10-15(13)19(27-18)25-5-4-23)9-12-1-2-17(26-8-12)29-11-16(21)22/h1-2,8,16H,3,5-6,9-11H2,(H,25,27). The number of aromatic nitrogens is 2. The van der Waals surface area contributed by atoms with Crippen molar-refractivity contribution in [2.24, 2.45) is 0 Å². The number of nitrogens with one attached hydrogen (secondary N) is 1. The van der Waals surface area contributed by atoms with Crippen LogP contribution in [0.5, 0.6) is 5.88 Å². The second kappa shape index (κ2) is 9.46. The van der Waals surface area contributed by atoms with E-state index in [0.717, 1.165) is 16.7 Å². The van der Waals surface area contributed by atoms with Crippen LogP contribution in [0.4, 0.5) is 14.6 Å². The maximum Gasteiger partial charge on any atom is 0.272 e. The minimum atomic E-state index is -2.55. The first-order valence-corrected chi connectivity index (χ1v) is 9.20. The van der Waals surface area contributed by atoms with Gasteiger partial charge in [0, 0.05) is 37.5 Å². The molecule has 1 aliphatic heterocycles. The average Bonchev–Trinajstić information content (AvgIpc) is 2.71. The Morgan fingerprint density at radius 1 is 1.31 bits per heavy atom. The van der Waals surface area contributed by atoms with Crippen LogP contribution in [-0.4, -0.2) is 41.0 Å². The average molecular weight is 419 g/mol. The molecule has 3 rings (SSSR count). The lowest BCUT2D eigenvalue weighted by atomic mass is 9.96. The molecule has 0 unspecified atom stereocenters. The quantitative estimate of drug-likeness (QED) is 0.544. The van der Waals surface area contributed by atoms with E-state index < -0.39 is 13.0 Å². The molecule has 29 heavy (non-hydrogen) atoms. The molecule has 10 heteroatoms. The van der Waals surface area contributed by atoms with Gasteiger partial charge >= 0.3 is 0 Å². The van der Waals surface area contributed by atoms with Gasteiger partial charge in [0.15, 0.2) is 6.61 Å². The minimum Gasteiger partial charge on any atom is -0.472 e. The van der Waals surface area contributed by atoms with Gasteiger partial charge in [0.05, 0.1) is 11.6 Å². The van der Waals surface area contributed by atoms with E-state index in [1.807, 2.05) is 6.07 Å². The van der Waals surface area contributed by atoms with Crippen LogP contribution in [0.2, 0.25) is 5.15 Å². The van der Waals surface area contributed by atoms with E-state index in [9.17, 15) is 14.0 Å². The lowest BCUT2D eigenvalue weighted by Crippen LogP contribution is -2.31. The van der Waals surface area contributed by atoms with Crippen molar-refractivity contribution < 1.29 is 13.5 Å². The van der Waals surface area contributed by atoms with Crippen molar-refractivity contribution >= 4 is 17.4 Å². The number of pyridine rings is 2. The Hall–Kier alpha value is -3.01. The van der Waals surface area contributed by atoms with Crippen molar-refractivity contribution in [1.29, 1.82) is 10.5 Å². The van der Waals surface area contributed by atoms with Gasteiger partial charge in [-0.05, 0) is 17.5 Å². The molecule has 0 saturated carbocycles. The van der Waals surface area contributed by atoms with Gasteiger partial charge in [0.1, 0.15) is 23.6 Å². The first-order valence-electron chi connectivity index (χ1n) is 8.82. The molecule has 1 aliphatic rings. The Morgan fingerprint density at radius 2 is 2.14 bits per heavy atom. The molecule has 3 heterocycles. The Bertz CT molecular complexity index is 955. The van der Waals surface area contributed by atoms with Crippen LogP contribution in [0.15, 0.2) is 18.3 Å². The summed E-state index contributed by atoms with van der Waals surface area (Å²) in [7, 11) is 0. The molecule has 150 valence electrons. The molecule has 0 atom stereocenters. The van der Waals surface area contributed by atoms with E-state index in [1.165, 1.54) is 0 Å². The van der Waals surface area contributed by atoms with Crippen LogP contribution < -0.4 is 10.1 Å². The second-order valence-electron chi connectivity index (χ2n) is 6.37. The minimum absolute atomic E-state index is 0.0751. The molecule has 0 amide bonds. The van der Waals surface area contributed by atoms with Crippen LogP contribution in [0.3, 0.4) is 0 Å². The van der Waals surface area contributed by atoms with Gasteiger partial charge in [-0.2, -0.15) is 10.5 Å². The molecule has 0 aromatic carbocycles. The molecule has 0 spiro atoms. The summed E-state index contributed by atoms with van der Waals surface area (Å²) in [6.45, 7) is 1.18. The summed E-state index contributed by atoms with van der Waals surface area (Å²) in [6.07, 6.45) is -0.342. The van der Waals surface area contributed by atoms with Crippen LogP contribution in [0.1, 0.15) is 22.3 Å². The van der Waals surface area contributed by atoms with Gasteiger partial charge in [-0.3, -0.25) is 4.90 Å². The first kappa shape index (κ1) is 20.7. The first-order chi connectivity index (χ1) is 14.0. The van der Waals surface area contributed by atoms with Gasteiger partial charge in [0.2, 0.25) is 5.88 Å². The zero-order valence-corrected chi connectivity index (χ0v) is 16.1. The summed E-state index contributed by atoms with van der Waals surface area (Å²) in [5, 5.41) is 21.3. The van der Waals surface area contributed by atoms with Crippen molar-refractivity contribution in [2.45, 2.75) is 25.9 Å². The SMILES string of the molecule is N#CCNc1nc(Cl)c(C#N)c2c1CN(Cc1ccc(OCC(F)F)nc1)CC2. The number of ether oxygens (including phenoxy) is 1. The smallest absolute Gasteiger partial charge is 0.272 e. The van der Waals surface area contributed by atoms with Crippen molar-refractivity contribution in [3.8, 4) is 18.0 Å². The van der Waals surface area contributed by atoms with Gasteiger partial charge in [-0.25, -0.2) is 18.7 Å². The number of alkyl halides is 2. The van der Waals surface area contributed by atoms with E-state index >= 15 is 0 Å². The molecule has 2 aromatic rings. The molecular formula is C19H17ClF2N6O. The van der Waals surface area contributed by atoms with Crippen LogP contribution >= 0.6 is 11.6 Å². The van der Waals surface area contributed by atoms with Crippen molar-refractivity contribution in [1.82, 2.24) is 14.9 Å². The number of nitrogens with zero attached hydrogens (tertiary/aromatic N) is 5. The van der Waals surface area contributed by atoms with E-state index in [2.05, 4.69) is 26.3 Å². The van der Waals surface area contributed by atoms with Crippen LogP contribution in [0, 0.1) is 22.7 Å². The van der Waals surface area contributed by atoms with Crippen molar-refractivity contribution in [3.63, 3.8) is 0 Å². The van der Waals surface area contributed by atoms with E-state index in [-0.39, 0.29) is 17.6 Å². The third-order valence-electron chi connectivity index (χ3n) is 4.44. The number of hydrogen-bond acceptors (Lipinski definition) is 7. The molecule has 0 fully saturated rings. The summed E-state index contributed by atoms with van der Waals surface area (Å²) < 4.78 is 29.3. The van der Waals surface area contributed by atoms with Gasteiger partial charge in [-0.15, -0.1) is 0 Å². The van der Waals surface area contributed by atoms with E-state index in [0.29, 0.717) is 37.4 Å².